The standard InChI is InChI=1S/C15H12BrFN4/c16-8-4-10(17)14-12(5-8)18-15(19-14)13-9-2-6-1-7(6)3-11(9)20-21-13/h4-7H,1-3H2,(H,18,19)(H,20,21). The van der Waals surface area contributed by atoms with Crippen molar-refractivity contribution in [3.8, 4) is 11.5 Å². The zero-order valence-corrected chi connectivity index (χ0v) is 12.7. The van der Waals surface area contributed by atoms with E-state index in [1.807, 2.05) is 6.07 Å². The van der Waals surface area contributed by atoms with Gasteiger partial charge in [0.15, 0.2) is 11.6 Å². The highest BCUT2D eigenvalue weighted by molar-refractivity contribution is 9.10. The fourth-order valence-electron chi connectivity index (χ4n) is 3.47. The van der Waals surface area contributed by atoms with Crippen molar-refractivity contribution in [2.75, 3.05) is 0 Å². The van der Waals surface area contributed by atoms with E-state index >= 15 is 0 Å². The van der Waals surface area contributed by atoms with E-state index in [4.69, 9.17) is 0 Å². The minimum absolute atomic E-state index is 0.325. The summed E-state index contributed by atoms with van der Waals surface area (Å²) in [5.41, 5.74) is 4.39. The van der Waals surface area contributed by atoms with Gasteiger partial charge in [0.25, 0.3) is 0 Å². The number of nitrogens with zero attached hydrogens (tertiary/aromatic N) is 2. The minimum Gasteiger partial charge on any atom is -0.336 e. The molecule has 5 rings (SSSR count). The van der Waals surface area contributed by atoms with Crippen molar-refractivity contribution in [3.63, 3.8) is 0 Å². The zero-order chi connectivity index (χ0) is 14.1. The lowest BCUT2D eigenvalue weighted by molar-refractivity contribution is 0.636. The van der Waals surface area contributed by atoms with Crippen LogP contribution in [0.5, 0.6) is 0 Å². The van der Waals surface area contributed by atoms with E-state index in [9.17, 15) is 4.39 Å². The fraction of sp³-hybridized carbons (Fsp3) is 0.333. The summed E-state index contributed by atoms with van der Waals surface area (Å²) in [7, 11) is 0. The molecule has 2 aromatic heterocycles. The molecular weight excluding hydrogens is 335 g/mol. The van der Waals surface area contributed by atoms with Crippen molar-refractivity contribution in [2.45, 2.75) is 19.3 Å². The Hall–Kier alpha value is -1.69. The quantitative estimate of drug-likeness (QED) is 0.707. The van der Waals surface area contributed by atoms with E-state index in [1.54, 1.807) is 0 Å². The highest BCUT2D eigenvalue weighted by Gasteiger charge is 2.43. The summed E-state index contributed by atoms with van der Waals surface area (Å²) in [6, 6.07) is 3.27. The number of rotatable bonds is 1. The van der Waals surface area contributed by atoms with Gasteiger partial charge in [0.2, 0.25) is 0 Å². The molecule has 0 bridgehead atoms. The zero-order valence-electron chi connectivity index (χ0n) is 11.1. The van der Waals surface area contributed by atoms with Crippen LogP contribution in [0.1, 0.15) is 17.7 Å². The van der Waals surface area contributed by atoms with Crippen LogP contribution in [0.3, 0.4) is 0 Å². The van der Waals surface area contributed by atoms with Crippen LogP contribution >= 0.6 is 15.9 Å². The molecule has 106 valence electrons. The summed E-state index contributed by atoms with van der Waals surface area (Å²) >= 11 is 3.31. The molecule has 2 aliphatic rings. The highest BCUT2D eigenvalue weighted by Crippen LogP contribution is 2.49. The predicted octanol–water partition coefficient (Wildman–Crippen LogP) is 3.59. The van der Waals surface area contributed by atoms with Gasteiger partial charge in [0.1, 0.15) is 11.2 Å². The molecule has 1 aromatic carbocycles. The largest absolute Gasteiger partial charge is 0.336 e. The maximum absolute atomic E-state index is 14.0. The second kappa shape index (κ2) is 3.94. The average molecular weight is 347 g/mol. The Balaban J connectivity index is 1.68. The molecule has 4 nitrogen and oxygen atoms in total. The predicted molar refractivity (Wildman–Crippen MR) is 80.3 cm³/mol. The third-order valence-corrected chi connectivity index (χ3v) is 5.14. The molecule has 2 N–H and O–H groups in total. The number of fused-ring (bicyclic) bond motifs is 3. The van der Waals surface area contributed by atoms with Crippen LogP contribution in [0.15, 0.2) is 16.6 Å². The third kappa shape index (κ3) is 1.71. The van der Waals surface area contributed by atoms with Crippen LogP contribution in [0.25, 0.3) is 22.6 Å². The molecule has 0 spiro atoms. The molecule has 0 radical (unpaired) electrons. The average Bonchev–Trinajstić information content (AvgIpc) is 2.87. The Morgan fingerprint density at radius 3 is 3.00 bits per heavy atom. The Labute approximate surface area is 128 Å². The Morgan fingerprint density at radius 1 is 1.24 bits per heavy atom. The summed E-state index contributed by atoms with van der Waals surface area (Å²) in [4.78, 5) is 7.60. The van der Waals surface area contributed by atoms with Gasteiger partial charge in [-0.15, -0.1) is 0 Å². The Kier molecular flexibility index (Phi) is 2.24. The van der Waals surface area contributed by atoms with Gasteiger partial charge in [0.05, 0.1) is 5.52 Å². The first-order chi connectivity index (χ1) is 10.2. The van der Waals surface area contributed by atoms with Gasteiger partial charge in [-0.2, -0.15) is 5.10 Å². The maximum Gasteiger partial charge on any atom is 0.159 e. The summed E-state index contributed by atoms with van der Waals surface area (Å²) in [5, 5.41) is 7.56. The number of halogens is 2. The molecule has 1 saturated carbocycles. The number of aromatic amines is 2. The van der Waals surface area contributed by atoms with Crippen molar-refractivity contribution in [1.29, 1.82) is 0 Å². The molecule has 0 aliphatic heterocycles. The van der Waals surface area contributed by atoms with Crippen molar-refractivity contribution >= 4 is 27.0 Å². The normalized spacial score (nSPS) is 23.1. The van der Waals surface area contributed by atoms with Crippen molar-refractivity contribution < 1.29 is 4.39 Å². The van der Waals surface area contributed by atoms with Crippen LogP contribution < -0.4 is 0 Å². The van der Waals surface area contributed by atoms with Crippen molar-refractivity contribution in [3.05, 3.63) is 33.7 Å². The van der Waals surface area contributed by atoms with Crippen molar-refractivity contribution in [1.82, 2.24) is 20.2 Å². The highest BCUT2D eigenvalue weighted by atomic mass is 79.9. The van der Waals surface area contributed by atoms with E-state index in [0.717, 1.165) is 30.4 Å². The molecule has 3 aromatic rings. The van der Waals surface area contributed by atoms with Crippen molar-refractivity contribution in [2.24, 2.45) is 11.8 Å². The van der Waals surface area contributed by atoms with Gasteiger partial charge in [-0.3, -0.25) is 5.10 Å². The first-order valence-corrected chi connectivity index (χ1v) is 7.89. The number of H-pyrrole nitrogens is 2. The number of aromatic nitrogens is 4. The number of hydrogen-bond acceptors (Lipinski definition) is 2. The second-order valence-electron chi connectivity index (χ2n) is 6.06. The number of imidazole rings is 1. The van der Waals surface area contributed by atoms with Crippen LogP contribution in [-0.2, 0) is 12.8 Å². The number of benzene rings is 1. The lowest BCUT2D eigenvalue weighted by atomic mass is 9.96. The first kappa shape index (κ1) is 11.9. The number of hydrogen-bond donors (Lipinski definition) is 2. The van der Waals surface area contributed by atoms with E-state index in [1.165, 1.54) is 23.7 Å². The topological polar surface area (TPSA) is 57.4 Å². The molecule has 0 amide bonds. The van der Waals surface area contributed by atoms with Crippen LogP contribution in [0, 0.1) is 17.7 Å². The summed E-state index contributed by atoms with van der Waals surface area (Å²) in [5.74, 6) is 1.98. The Morgan fingerprint density at radius 2 is 2.10 bits per heavy atom. The SMILES string of the molecule is Fc1cc(Br)cc2[nH]c(-c3n[nH]c4c3CC3CC3C4)nc12. The molecule has 6 heteroatoms. The lowest BCUT2D eigenvalue weighted by Crippen LogP contribution is -2.04. The maximum atomic E-state index is 14.0. The second-order valence-corrected chi connectivity index (χ2v) is 6.98. The molecule has 21 heavy (non-hydrogen) atoms. The van der Waals surface area contributed by atoms with Crippen LogP contribution in [0.4, 0.5) is 4.39 Å². The van der Waals surface area contributed by atoms with E-state index in [2.05, 4.69) is 36.1 Å². The van der Waals surface area contributed by atoms with Gasteiger partial charge in [-0.05, 0) is 43.2 Å². The van der Waals surface area contributed by atoms with Gasteiger partial charge < -0.3 is 4.98 Å². The van der Waals surface area contributed by atoms with E-state index < -0.39 is 0 Å². The van der Waals surface area contributed by atoms with Gasteiger partial charge in [-0.25, -0.2) is 9.37 Å². The molecule has 0 saturated heterocycles. The van der Waals surface area contributed by atoms with Gasteiger partial charge in [-0.1, -0.05) is 15.9 Å². The molecule has 2 unspecified atom stereocenters. The summed E-state index contributed by atoms with van der Waals surface area (Å²) in [6.45, 7) is 0. The van der Waals surface area contributed by atoms with Crippen LogP contribution in [-0.4, -0.2) is 20.2 Å². The summed E-state index contributed by atoms with van der Waals surface area (Å²) in [6.07, 6.45) is 3.48. The Bertz CT molecular complexity index is 881. The fourth-order valence-corrected chi connectivity index (χ4v) is 3.90. The smallest absolute Gasteiger partial charge is 0.159 e. The third-order valence-electron chi connectivity index (χ3n) is 4.68. The molecule has 2 aliphatic carbocycles. The monoisotopic (exact) mass is 346 g/mol. The van der Waals surface area contributed by atoms with Gasteiger partial charge >= 0.3 is 0 Å². The van der Waals surface area contributed by atoms with Crippen LogP contribution in [0.2, 0.25) is 0 Å². The summed E-state index contributed by atoms with van der Waals surface area (Å²) < 4.78 is 14.7. The molecule has 2 atom stereocenters. The minimum atomic E-state index is -0.325. The molecule has 2 heterocycles. The molecular formula is C15H12BrFN4. The molecule has 1 fully saturated rings. The van der Waals surface area contributed by atoms with Gasteiger partial charge in [0, 0.05) is 15.7 Å². The first-order valence-electron chi connectivity index (χ1n) is 7.10. The lowest BCUT2D eigenvalue weighted by Gasteiger charge is -2.09. The number of nitrogens with one attached hydrogen (secondary N) is 2. The van der Waals surface area contributed by atoms with E-state index in [0.29, 0.717) is 21.3 Å². The van der Waals surface area contributed by atoms with E-state index in [-0.39, 0.29) is 5.82 Å².